The molecule has 0 aliphatic carbocycles. The Bertz CT molecular complexity index is 1090. The molecule has 1 amide bonds. The van der Waals surface area contributed by atoms with Gasteiger partial charge in [0.15, 0.2) is 11.5 Å². The van der Waals surface area contributed by atoms with Crippen molar-refractivity contribution in [3.63, 3.8) is 0 Å². The molecule has 1 unspecified atom stereocenters. The molecule has 1 N–H and O–H groups in total. The summed E-state index contributed by atoms with van der Waals surface area (Å²) in [6.07, 6.45) is 0.843. The normalized spacial score (nSPS) is 15.7. The molecule has 4 rings (SSSR count). The fraction of sp³-hybridized carbons (Fsp3) is 0.296. The summed E-state index contributed by atoms with van der Waals surface area (Å²) < 4.78 is 11.1. The van der Waals surface area contributed by atoms with Gasteiger partial charge in [0, 0.05) is 12.2 Å². The fourth-order valence-corrected chi connectivity index (χ4v) is 4.57. The number of anilines is 1. The van der Waals surface area contributed by atoms with E-state index in [0.29, 0.717) is 12.3 Å². The first-order valence-corrected chi connectivity index (χ1v) is 10.9. The number of amides is 1. The van der Waals surface area contributed by atoms with Crippen molar-refractivity contribution in [3.8, 4) is 11.5 Å². The summed E-state index contributed by atoms with van der Waals surface area (Å²) in [5.74, 6) is 1.43. The molecule has 3 aromatic carbocycles. The minimum absolute atomic E-state index is 0.00717. The standard InChI is InChI=1S/C27H30N2O3/c1-18-9-8-10-19(2)26(18)28-25(30)17-29-14-13-21-15-23(31-3)24(32-4)16-22(21)27(29)20-11-6-5-7-12-20/h5-12,15-16,27H,13-14,17H2,1-4H3,(H,28,30). The number of aryl methyl sites for hydroxylation is 2. The molecule has 0 spiro atoms. The summed E-state index contributed by atoms with van der Waals surface area (Å²) >= 11 is 0. The highest BCUT2D eigenvalue weighted by Crippen LogP contribution is 2.40. The molecule has 0 saturated carbocycles. The number of hydrogen-bond acceptors (Lipinski definition) is 4. The Hall–Kier alpha value is -3.31. The van der Waals surface area contributed by atoms with E-state index in [1.165, 1.54) is 5.56 Å². The van der Waals surface area contributed by atoms with Crippen LogP contribution in [0.5, 0.6) is 11.5 Å². The van der Waals surface area contributed by atoms with E-state index in [-0.39, 0.29) is 11.9 Å². The lowest BCUT2D eigenvalue weighted by atomic mass is 9.87. The average molecular weight is 431 g/mol. The minimum Gasteiger partial charge on any atom is -0.493 e. The lowest BCUT2D eigenvalue weighted by Gasteiger charge is -2.37. The number of nitrogens with one attached hydrogen (secondary N) is 1. The zero-order valence-corrected chi connectivity index (χ0v) is 19.1. The van der Waals surface area contributed by atoms with Crippen molar-refractivity contribution in [2.24, 2.45) is 0 Å². The first-order valence-electron chi connectivity index (χ1n) is 10.9. The highest BCUT2D eigenvalue weighted by Gasteiger charge is 2.31. The quantitative estimate of drug-likeness (QED) is 0.604. The predicted molar refractivity (Wildman–Crippen MR) is 128 cm³/mol. The largest absolute Gasteiger partial charge is 0.493 e. The van der Waals surface area contributed by atoms with Gasteiger partial charge in [-0.25, -0.2) is 0 Å². The van der Waals surface area contributed by atoms with Crippen LogP contribution in [0, 0.1) is 13.8 Å². The monoisotopic (exact) mass is 430 g/mol. The Kier molecular flexibility index (Phi) is 6.47. The van der Waals surface area contributed by atoms with Crippen molar-refractivity contribution in [2.75, 3.05) is 32.6 Å². The van der Waals surface area contributed by atoms with Crippen LogP contribution >= 0.6 is 0 Å². The molecule has 3 aromatic rings. The molecule has 0 bridgehead atoms. The average Bonchev–Trinajstić information content (AvgIpc) is 2.81. The second kappa shape index (κ2) is 9.45. The maximum atomic E-state index is 13.1. The Morgan fingerprint density at radius 1 is 0.969 bits per heavy atom. The summed E-state index contributed by atoms with van der Waals surface area (Å²) in [5, 5.41) is 3.14. The second-order valence-electron chi connectivity index (χ2n) is 8.25. The van der Waals surface area contributed by atoms with Crippen LogP contribution in [0.1, 0.15) is 33.9 Å². The van der Waals surface area contributed by atoms with Crippen LogP contribution < -0.4 is 14.8 Å². The zero-order chi connectivity index (χ0) is 22.7. The van der Waals surface area contributed by atoms with Crippen LogP contribution in [0.25, 0.3) is 0 Å². The van der Waals surface area contributed by atoms with Crippen LogP contribution in [-0.4, -0.2) is 38.1 Å². The molecule has 0 radical (unpaired) electrons. The number of rotatable bonds is 6. The van der Waals surface area contributed by atoms with E-state index in [1.807, 2.05) is 50.2 Å². The van der Waals surface area contributed by atoms with E-state index in [9.17, 15) is 4.79 Å². The summed E-state index contributed by atoms with van der Waals surface area (Å²) in [6, 6.07) is 20.5. The van der Waals surface area contributed by atoms with Crippen molar-refractivity contribution in [3.05, 3.63) is 88.5 Å². The van der Waals surface area contributed by atoms with Gasteiger partial charge in [0.25, 0.3) is 0 Å². The zero-order valence-electron chi connectivity index (χ0n) is 19.1. The molecular weight excluding hydrogens is 400 g/mol. The topological polar surface area (TPSA) is 50.8 Å². The van der Waals surface area contributed by atoms with Crippen molar-refractivity contribution in [1.29, 1.82) is 0 Å². The maximum Gasteiger partial charge on any atom is 0.238 e. The van der Waals surface area contributed by atoms with Gasteiger partial charge in [-0.05, 0) is 60.2 Å². The van der Waals surface area contributed by atoms with Gasteiger partial charge in [-0.15, -0.1) is 0 Å². The van der Waals surface area contributed by atoms with Crippen molar-refractivity contribution in [2.45, 2.75) is 26.3 Å². The van der Waals surface area contributed by atoms with Gasteiger partial charge >= 0.3 is 0 Å². The molecule has 1 aliphatic heterocycles. The van der Waals surface area contributed by atoms with Gasteiger partial charge < -0.3 is 14.8 Å². The molecule has 1 heterocycles. The van der Waals surface area contributed by atoms with Gasteiger partial charge in [0.05, 0.1) is 26.8 Å². The number of ether oxygens (including phenoxy) is 2. The third-order valence-corrected chi connectivity index (χ3v) is 6.18. The Morgan fingerprint density at radius 3 is 2.28 bits per heavy atom. The third kappa shape index (κ3) is 4.34. The minimum atomic E-state index is -0.0385. The number of hydrogen-bond donors (Lipinski definition) is 1. The van der Waals surface area contributed by atoms with E-state index >= 15 is 0 Å². The van der Waals surface area contributed by atoms with Crippen LogP contribution in [0.15, 0.2) is 60.7 Å². The number of benzene rings is 3. The van der Waals surface area contributed by atoms with Gasteiger partial charge in [-0.1, -0.05) is 48.5 Å². The smallest absolute Gasteiger partial charge is 0.238 e. The molecule has 1 atom stereocenters. The molecule has 0 fully saturated rings. The predicted octanol–water partition coefficient (Wildman–Crippen LogP) is 4.91. The summed E-state index contributed by atoms with van der Waals surface area (Å²) in [4.78, 5) is 15.3. The molecular formula is C27H30N2O3. The van der Waals surface area contributed by atoms with Crippen LogP contribution in [0.3, 0.4) is 0 Å². The lowest BCUT2D eigenvalue weighted by Crippen LogP contribution is -2.41. The SMILES string of the molecule is COc1cc2c(cc1OC)C(c1ccccc1)N(CC(=O)Nc1c(C)cccc1C)CC2. The highest BCUT2D eigenvalue weighted by molar-refractivity contribution is 5.93. The highest BCUT2D eigenvalue weighted by atomic mass is 16.5. The lowest BCUT2D eigenvalue weighted by molar-refractivity contribution is -0.117. The van der Waals surface area contributed by atoms with Crippen molar-refractivity contribution in [1.82, 2.24) is 4.90 Å². The number of carbonyl (C=O) groups is 1. The molecule has 0 aromatic heterocycles. The molecule has 166 valence electrons. The van der Waals surface area contributed by atoms with Gasteiger partial charge in [-0.2, -0.15) is 0 Å². The van der Waals surface area contributed by atoms with Gasteiger partial charge in [-0.3, -0.25) is 9.69 Å². The number of carbonyl (C=O) groups excluding carboxylic acids is 1. The van der Waals surface area contributed by atoms with E-state index in [0.717, 1.165) is 46.7 Å². The van der Waals surface area contributed by atoms with Crippen LogP contribution in [-0.2, 0) is 11.2 Å². The number of fused-ring (bicyclic) bond motifs is 1. The molecule has 1 aliphatic rings. The van der Waals surface area contributed by atoms with Gasteiger partial charge in [0.2, 0.25) is 5.91 Å². The molecule has 5 nitrogen and oxygen atoms in total. The van der Waals surface area contributed by atoms with Crippen LogP contribution in [0.4, 0.5) is 5.69 Å². The van der Waals surface area contributed by atoms with E-state index < -0.39 is 0 Å². The summed E-state index contributed by atoms with van der Waals surface area (Å²) in [5.41, 5.74) is 6.57. The van der Waals surface area contributed by atoms with E-state index in [2.05, 4.69) is 34.5 Å². The Labute approximate surface area is 190 Å². The number of nitrogens with zero attached hydrogens (tertiary/aromatic N) is 1. The Morgan fingerprint density at radius 2 is 1.62 bits per heavy atom. The molecule has 5 heteroatoms. The third-order valence-electron chi connectivity index (χ3n) is 6.18. The summed E-state index contributed by atoms with van der Waals surface area (Å²) in [6.45, 7) is 5.13. The van der Waals surface area contributed by atoms with E-state index in [4.69, 9.17) is 9.47 Å². The first kappa shape index (κ1) is 21.9. The van der Waals surface area contributed by atoms with E-state index in [1.54, 1.807) is 14.2 Å². The molecule has 32 heavy (non-hydrogen) atoms. The second-order valence-corrected chi connectivity index (χ2v) is 8.25. The van der Waals surface area contributed by atoms with Crippen molar-refractivity contribution < 1.29 is 14.3 Å². The summed E-state index contributed by atoms with van der Waals surface area (Å²) in [7, 11) is 3.31. The number of methoxy groups -OCH3 is 2. The molecule has 0 saturated heterocycles. The maximum absolute atomic E-state index is 13.1. The first-order chi connectivity index (χ1) is 15.5. The van der Waals surface area contributed by atoms with Crippen molar-refractivity contribution >= 4 is 11.6 Å². The number of para-hydroxylation sites is 1. The van der Waals surface area contributed by atoms with Gasteiger partial charge in [0.1, 0.15) is 0 Å². The fourth-order valence-electron chi connectivity index (χ4n) is 4.57. The van der Waals surface area contributed by atoms with Crippen LogP contribution in [0.2, 0.25) is 0 Å². The Balaban J connectivity index is 1.67.